The first kappa shape index (κ1) is 16.3. The molecule has 0 spiro atoms. The molecule has 5 heteroatoms. The number of ether oxygens (including phenoxy) is 1. The van der Waals surface area contributed by atoms with E-state index >= 15 is 0 Å². The van der Waals surface area contributed by atoms with Gasteiger partial charge in [-0.2, -0.15) is 0 Å². The Morgan fingerprint density at radius 3 is 2.50 bits per heavy atom. The van der Waals surface area contributed by atoms with Crippen LogP contribution in [0.25, 0.3) is 0 Å². The smallest absolute Gasteiger partial charge is 0.263 e. The molecule has 2 rings (SSSR count). The average molecular weight is 304 g/mol. The number of rotatable bonds is 5. The van der Waals surface area contributed by atoms with Crippen molar-refractivity contribution in [2.75, 3.05) is 13.1 Å². The van der Waals surface area contributed by atoms with Crippen LogP contribution >= 0.6 is 0 Å². The SMILES string of the molecule is CCC(Oc1ccccc1C)C(=O)N1CCC(C(N)=O)CC1. The molecule has 2 amide bonds. The summed E-state index contributed by atoms with van der Waals surface area (Å²) in [6.07, 6.45) is 1.42. The predicted octanol–water partition coefficient (Wildman–Crippen LogP) is 1.88. The van der Waals surface area contributed by atoms with Crippen LogP contribution in [0.15, 0.2) is 24.3 Å². The topological polar surface area (TPSA) is 72.6 Å². The summed E-state index contributed by atoms with van der Waals surface area (Å²) < 4.78 is 5.90. The highest BCUT2D eigenvalue weighted by molar-refractivity contribution is 5.82. The highest BCUT2D eigenvalue weighted by Gasteiger charge is 2.30. The molecule has 5 nitrogen and oxygen atoms in total. The van der Waals surface area contributed by atoms with Gasteiger partial charge < -0.3 is 15.4 Å². The van der Waals surface area contributed by atoms with Crippen LogP contribution in [0.3, 0.4) is 0 Å². The zero-order valence-corrected chi connectivity index (χ0v) is 13.2. The summed E-state index contributed by atoms with van der Waals surface area (Å²) in [5.74, 6) is 0.361. The van der Waals surface area contributed by atoms with Crippen LogP contribution in [0.1, 0.15) is 31.7 Å². The van der Waals surface area contributed by atoms with Gasteiger partial charge >= 0.3 is 0 Å². The number of para-hydroxylation sites is 1. The van der Waals surface area contributed by atoms with E-state index in [1.54, 1.807) is 4.90 Å². The van der Waals surface area contributed by atoms with Gasteiger partial charge in [0.2, 0.25) is 5.91 Å². The Morgan fingerprint density at radius 2 is 1.95 bits per heavy atom. The minimum atomic E-state index is -0.480. The number of hydrogen-bond acceptors (Lipinski definition) is 3. The summed E-state index contributed by atoms with van der Waals surface area (Å²) in [7, 11) is 0. The zero-order valence-electron chi connectivity index (χ0n) is 13.2. The maximum atomic E-state index is 12.6. The quantitative estimate of drug-likeness (QED) is 0.902. The highest BCUT2D eigenvalue weighted by atomic mass is 16.5. The Hall–Kier alpha value is -2.04. The van der Waals surface area contributed by atoms with Gasteiger partial charge in [-0.05, 0) is 37.8 Å². The van der Waals surface area contributed by atoms with E-state index in [2.05, 4.69) is 0 Å². The molecule has 22 heavy (non-hydrogen) atoms. The number of piperidine rings is 1. The highest BCUT2D eigenvalue weighted by Crippen LogP contribution is 2.22. The van der Waals surface area contributed by atoms with Gasteiger partial charge in [0, 0.05) is 19.0 Å². The largest absolute Gasteiger partial charge is 0.480 e. The number of hydrogen-bond donors (Lipinski definition) is 1. The van der Waals surface area contributed by atoms with E-state index in [9.17, 15) is 9.59 Å². The minimum Gasteiger partial charge on any atom is -0.480 e. The average Bonchev–Trinajstić information content (AvgIpc) is 2.53. The first-order valence-electron chi connectivity index (χ1n) is 7.83. The summed E-state index contributed by atoms with van der Waals surface area (Å²) in [4.78, 5) is 25.6. The lowest BCUT2D eigenvalue weighted by Crippen LogP contribution is -2.47. The van der Waals surface area contributed by atoms with Crippen LogP contribution in [0.2, 0.25) is 0 Å². The number of carbonyl (C=O) groups is 2. The molecule has 0 saturated carbocycles. The molecular formula is C17H24N2O3. The third-order valence-corrected chi connectivity index (χ3v) is 4.22. The molecular weight excluding hydrogens is 280 g/mol. The van der Waals surface area contributed by atoms with Crippen LogP contribution in [0.5, 0.6) is 5.75 Å². The van der Waals surface area contributed by atoms with E-state index in [0.717, 1.165) is 11.3 Å². The zero-order chi connectivity index (χ0) is 16.1. The van der Waals surface area contributed by atoms with Crippen LogP contribution in [-0.2, 0) is 9.59 Å². The molecule has 1 aliphatic rings. The Kier molecular flexibility index (Phi) is 5.41. The second-order valence-corrected chi connectivity index (χ2v) is 5.78. The molecule has 1 aromatic carbocycles. The lowest BCUT2D eigenvalue weighted by atomic mass is 9.96. The molecule has 0 radical (unpaired) electrons. The fourth-order valence-electron chi connectivity index (χ4n) is 2.74. The van der Waals surface area contributed by atoms with Crippen molar-refractivity contribution in [1.29, 1.82) is 0 Å². The number of carbonyl (C=O) groups excluding carboxylic acids is 2. The second-order valence-electron chi connectivity index (χ2n) is 5.78. The second kappa shape index (κ2) is 7.29. The Bertz CT molecular complexity index is 536. The van der Waals surface area contributed by atoms with Crippen LogP contribution < -0.4 is 10.5 Å². The summed E-state index contributed by atoms with van der Waals surface area (Å²) in [5.41, 5.74) is 6.34. The van der Waals surface area contributed by atoms with Gasteiger partial charge in [0.05, 0.1) is 0 Å². The molecule has 2 N–H and O–H groups in total. The van der Waals surface area contributed by atoms with Gasteiger partial charge in [0.15, 0.2) is 6.10 Å². The fraction of sp³-hybridized carbons (Fsp3) is 0.529. The molecule has 1 unspecified atom stereocenters. The van der Waals surface area contributed by atoms with Crippen molar-refractivity contribution < 1.29 is 14.3 Å². The molecule has 1 fully saturated rings. The lowest BCUT2D eigenvalue weighted by molar-refractivity contribution is -0.141. The first-order valence-corrected chi connectivity index (χ1v) is 7.83. The lowest BCUT2D eigenvalue weighted by Gasteiger charge is -2.33. The van der Waals surface area contributed by atoms with E-state index in [4.69, 9.17) is 10.5 Å². The maximum absolute atomic E-state index is 12.6. The van der Waals surface area contributed by atoms with Crippen LogP contribution in [0.4, 0.5) is 0 Å². The number of nitrogens with two attached hydrogens (primary N) is 1. The fourth-order valence-corrected chi connectivity index (χ4v) is 2.74. The van der Waals surface area contributed by atoms with Gasteiger partial charge in [-0.25, -0.2) is 0 Å². The van der Waals surface area contributed by atoms with Crippen molar-refractivity contribution >= 4 is 11.8 Å². The predicted molar refractivity (Wildman–Crippen MR) is 84.4 cm³/mol. The third-order valence-electron chi connectivity index (χ3n) is 4.22. The van der Waals surface area contributed by atoms with Crippen LogP contribution in [-0.4, -0.2) is 35.9 Å². The molecule has 1 atom stereocenters. The third kappa shape index (κ3) is 3.78. The molecule has 1 aromatic rings. The Balaban J connectivity index is 1.98. The van der Waals surface area contributed by atoms with Crippen molar-refractivity contribution in [3.05, 3.63) is 29.8 Å². The van der Waals surface area contributed by atoms with Gasteiger partial charge in [0.25, 0.3) is 5.91 Å². The first-order chi connectivity index (χ1) is 10.5. The molecule has 0 aromatic heterocycles. The maximum Gasteiger partial charge on any atom is 0.263 e. The normalized spacial score (nSPS) is 17.1. The van der Waals surface area contributed by atoms with Crippen molar-refractivity contribution in [3.8, 4) is 5.75 Å². The van der Waals surface area contributed by atoms with Crippen molar-refractivity contribution in [3.63, 3.8) is 0 Å². The van der Waals surface area contributed by atoms with Gasteiger partial charge in [-0.1, -0.05) is 25.1 Å². The monoisotopic (exact) mass is 304 g/mol. The van der Waals surface area contributed by atoms with E-state index < -0.39 is 6.10 Å². The number of aryl methyl sites for hydroxylation is 1. The Labute approximate surface area is 131 Å². The molecule has 0 bridgehead atoms. The minimum absolute atomic E-state index is 0.00586. The molecule has 0 aliphatic carbocycles. The summed E-state index contributed by atoms with van der Waals surface area (Å²) in [6.45, 7) is 5.04. The van der Waals surface area contributed by atoms with Crippen LogP contribution in [0, 0.1) is 12.8 Å². The van der Waals surface area contributed by atoms with Crippen molar-refractivity contribution in [1.82, 2.24) is 4.90 Å². The summed E-state index contributed by atoms with van der Waals surface area (Å²) in [5, 5.41) is 0. The van der Waals surface area contributed by atoms with E-state index in [1.807, 2.05) is 38.1 Å². The van der Waals surface area contributed by atoms with Gasteiger partial charge in [-0.15, -0.1) is 0 Å². The summed E-state index contributed by atoms with van der Waals surface area (Å²) in [6, 6.07) is 7.69. The number of benzene rings is 1. The number of nitrogens with zero attached hydrogens (tertiary/aromatic N) is 1. The van der Waals surface area contributed by atoms with Gasteiger partial charge in [0.1, 0.15) is 5.75 Å². The molecule has 1 heterocycles. The molecule has 1 aliphatic heterocycles. The number of likely N-dealkylation sites (tertiary alicyclic amines) is 1. The van der Waals surface area contributed by atoms with E-state index in [1.165, 1.54) is 0 Å². The van der Waals surface area contributed by atoms with E-state index in [0.29, 0.717) is 32.4 Å². The van der Waals surface area contributed by atoms with Crippen molar-refractivity contribution in [2.45, 2.75) is 39.2 Å². The number of amides is 2. The van der Waals surface area contributed by atoms with E-state index in [-0.39, 0.29) is 17.7 Å². The summed E-state index contributed by atoms with van der Waals surface area (Å²) >= 11 is 0. The number of primary amides is 1. The van der Waals surface area contributed by atoms with Crippen molar-refractivity contribution in [2.24, 2.45) is 11.7 Å². The molecule has 1 saturated heterocycles. The standard InChI is InChI=1S/C17H24N2O3/c1-3-14(22-15-7-5-4-6-12(15)2)17(21)19-10-8-13(9-11-19)16(18)20/h4-7,13-14H,3,8-11H2,1-2H3,(H2,18,20). The Morgan fingerprint density at radius 1 is 1.32 bits per heavy atom. The van der Waals surface area contributed by atoms with Gasteiger partial charge in [-0.3, -0.25) is 9.59 Å². The molecule has 120 valence electrons.